The van der Waals surface area contributed by atoms with Gasteiger partial charge in [0.2, 0.25) is 5.78 Å². The first-order valence-electron chi connectivity index (χ1n) is 8.01. The maximum atomic E-state index is 13.8. The quantitative estimate of drug-likeness (QED) is 0.504. The molecular formula is C18H13ClFN5O2. The lowest BCUT2D eigenvalue weighted by Crippen LogP contribution is -2.20. The predicted molar refractivity (Wildman–Crippen MR) is 96.8 cm³/mol. The molecule has 0 aliphatic heterocycles. The van der Waals surface area contributed by atoms with E-state index < -0.39 is 5.82 Å². The Morgan fingerprint density at radius 2 is 2.04 bits per heavy atom. The molecule has 0 saturated heterocycles. The fourth-order valence-corrected chi connectivity index (χ4v) is 2.74. The van der Waals surface area contributed by atoms with Crippen molar-refractivity contribution in [2.24, 2.45) is 0 Å². The minimum atomic E-state index is -0.546. The number of para-hydroxylation sites is 1. The average Bonchev–Trinajstić information content (AvgIpc) is 3.06. The van der Waals surface area contributed by atoms with Crippen LogP contribution in [0.15, 0.2) is 53.5 Å². The summed E-state index contributed by atoms with van der Waals surface area (Å²) in [6, 6.07) is 10.7. The van der Waals surface area contributed by atoms with Crippen molar-refractivity contribution in [3.8, 4) is 11.8 Å². The van der Waals surface area contributed by atoms with Crippen LogP contribution in [0.3, 0.4) is 0 Å². The van der Waals surface area contributed by atoms with E-state index in [0.717, 1.165) is 10.1 Å². The third kappa shape index (κ3) is 3.39. The van der Waals surface area contributed by atoms with Crippen LogP contribution in [0.2, 0.25) is 5.15 Å². The Balaban J connectivity index is 1.77. The molecule has 9 heteroatoms. The minimum Gasteiger partial charge on any atom is -0.420 e. The molecule has 0 spiro atoms. The Morgan fingerprint density at radius 1 is 1.22 bits per heavy atom. The number of aromatic nitrogens is 5. The summed E-state index contributed by atoms with van der Waals surface area (Å²) >= 11 is 5.82. The van der Waals surface area contributed by atoms with Gasteiger partial charge in [-0.15, -0.1) is 5.10 Å². The Labute approximate surface area is 157 Å². The first-order chi connectivity index (χ1) is 13.0. The summed E-state index contributed by atoms with van der Waals surface area (Å²) < 4.78 is 22.1. The monoisotopic (exact) mass is 385 g/mol. The van der Waals surface area contributed by atoms with E-state index in [1.54, 1.807) is 35.9 Å². The summed E-state index contributed by atoms with van der Waals surface area (Å²) in [5, 5.41) is 4.44. The highest BCUT2D eigenvalue weighted by Crippen LogP contribution is 2.22. The van der Waals surface area contributed by atoms with Crippen LogP contribution in [0.4, 0.5) is 4.39 Å². The van der Waals surface area contributed by atoms with Crippen molar-refractivity contribution in [2.75, 3.05) is 0 Å². The van der Waals surface area contributed by atoms with Crippen LogP contribution >= 0.6 is 11.6 Å². The molecule has 0 radical (unpaired) electrons. The van der Waals surface area contributed by atoms with Crippen LogP contribution in [-0.2, 0) is 6.54 Å². The van der Waals surface area contributed by atoms with Gasteiger partial charge in [0.15, 0.2) is 11.6 Å². The van der Waals surface area contributed by atoms with Crippen molar-refractivity contribution < 1.29 is 9.13 Å². The first-order valence-corrected chi connectivity index (χ1v) is 8.39. The van der Waals surface area contributed by atoms with Crippen molar-refractivity contribution >= 4 is 17.4 Å². The van der Waals surface area contributed by atoms with E-state index in [1.165, 1.54) is 18.2 Å². The lowest BCUT2D eigenvalue weighted by Gasteiger charge is -2.11. The summed E-state index contributed by atoms with van der Waals surface area (Å²) in [5.74, 6) is -0.290. The standard InChI is InChI=1S/C18H13ClFN5O2/c1-11-8-16(26)25-18(24(11)10-12-6-7-15(19)21-9-12)22-17(23-25)27-14-5-3-2-4-13(14)20/h2-9H,10H2,1H3. The lowest BCUT2D eigenvalue weighted by atomic mass is 10.3. The highest BCUT2D eigenvalue weighted by molar-refractivity contribution is 6.29. The molecule has 0 unspecified atom stereocenters. The molecule has 0 aliphatic carbocycles. The molecule has 4 aromatic rings. The van der Waals surface area contributed by atoms with Crippen molar-refractivity contribution in [2.45, 2.75) is 13.5 Å². The molecule has 136 valence electrons. The Morgan fingerprint density at radius 3 is 2.78 bits per heavy atom. The van der Waals surface area contributed by atoms with Gasteiger partial charge < -0.3 is 9.30 Å². The molecule has 1 aromatic carbocycles. The molecule has 27 heavy (non-hydrogen) atoms. The number of benzene rings is 1. The summed E-state index contributed by atoms with van der Waals surface area (Å²) in [6.45, 7) is 2.19. The molecular weight excluding hydrogens is 373 g/mol. The van der Waals surface area contributed by atoms with Gasteiger partial charge in [-0.3, -0.25) is 4.79 Å². The van der Waals surface area contributed by atoms with Gasteiger partial charge in [0.25, 0.3) is 5.56 Å². The minimum absolute atomic E-state index is 0.0222. The van der Waals surface area contributed by atoms with Crippen molar-refractivity contribution in [3.05, 3.63) is 81.2 Å². The van der Waals surface area contributed by atoms with E-state index in [4.69, 9.17) is 16.3 Å². The molecule has 4 rings (SSSR count). The third-order valence-corrected chi connectivity index (χ3v) is 4.17. The Hall–Kier alpha value is -3.26. The van der Waals surface area contributed by atoms with Crippen LogP contribution in [0.1, 0.15) is 11.3 Å². The molecule has 3 aromatic heterocycles. The molecule has 0 saturated carbocycles. The smallest absolute Gasteiger partial charge is 0.343 e. The van der Waals surface area contributed by atoms with Gasteiger partial charge in [0, 0.05) is 18.0 Å². The number of hydrogen-bond acceptors (Lipinski definition) is 5. The van der Waals surface area contributed by atoms with E-state index in [0.29, 0.717) is 17.4 Å². The largest absolute Gasteiger partial charge is 0.420 e. The molecule has 0 bridgehead atoms. The number of nitrogens with zero attached hydrogens (tertiary/aromatic N) is 5. The topological polar surface area (TPSA) is 74.3 Å². The Kier molecular flexibility index (Phi) is 4.33. The molecule has 0 fully saturated rings. The van der Waals surface area contributed by atoms with E-state index >= 15 is 0 Å². The van der Waals surface area contributed by atoms with Gasteiger partial charge in [-0.05, 0) is 30.7 Å². The number of hydrogen-bond donors (Lipinski definition) is 0. The number of pyridine rings is 1. The van der Waals surface area contributed by atoms with Crippen LogP contribution in [0.25, 0.3) is 5.78 Å². The highest BCUT2D eigenvalue weighted by Gasteiger charge is 2.15. The average molecular weight is 386 g/mol. The van der Waals surface area contributed by atoms with Crippen molar-refractivity contribution in [3.63, 3.8) is 0 Å². The molecule has 0 N–H and O–H groups in total. The number of ether oxygens (including phenoxy) is 1. The molecule has 0 aliphatic rings. The normalized spacial score (nSPS) is 11.1. The van der Waals surface area contributed by atoms with Gasteiger partial charge in [0.05, 0.1) is 6.54 Å². The van der Waals surface area contributed by atoms with Gasteiger partial charge >= 0.3 is 6.01 Å². The molecule has 7 nitrogen and oxygen atoms in total. The van der Waals surface area contributed by atoms with Crippen LogP contribution in [0, 0.1) is 12.7 Å². The number of halogens is 2. The fourth-order valence-electron chi connectivity index (χ4n) is 2.63. The number of fused-ring (bicyclic) bond motifs is 1. The number of aryl methyl sites for hydroxylation is 1. The van der Waals surface area contributed by atoms with Crippen molar-refractivity contribution in [1.82, 2.24) is 24.1 Å². The second-order valence-electron chi connectivity index (χ2n) is 5.84. The zero-order valence-electron chi connectivity index (χ0n) is 14.1. The predicted octanol–water partition coefficient (Wildman–Crippen LogP) is 3.23. The first kappa shape index (κ1) is 17.2. The van der Waals surface area contributed by atoms with Gasteiger partial charge in [-0.2, -0.15) is 9.50 Å². The van der Waals surface area contributed by atoms with Gasteiger partial charge in [0.1, 0.15) is 5.15 Å². The zero-order valence-corrected chi connectivity index (χ0v) is 14.9. The van der Waals surface area contributed by atoms with Crippen LogP contribution in [-0.4, -0.2) is 24.1 Å². The van der Waals surface area contributed by atoms with E-state index in [1.807, 2.05) is 6.07 Å². The summed E-state index contributed by atoms with van der Waals surface area (Å²) in [7, 11) is 0. The molecule has 3 heterocycles. The summed E-state index contributed by atoms with van der Waals surface area (Å²) in [4.78, 5) is 20.6. The van der Waals surface area contributed by atoms with E-state index in [2.05, 4.69) is 15.1 Å². The third-order valence-electron chi connectivity index (χ3n) is 3.95. The lowest BCUT2D eigenvalue weighted by molar-refractivity contribution is 0.411. The zero-order chi connectivity index (χ0) is 19.0. The molecule has 0 atom stereocenters. The highest BCUT2D eigenvalue weighted by atomic mass is 35.5. The number of rotatable bonds is 4. The fraction of sp³-hybridized carbons (Fsp3) is 0.111. The Bertz CT molecular complexity index is 1190. The van der Waals surface area contributed by atoms with Crippen LogP contribution in [0.5, 0.6) is 11.8 Å². The van der Waals surface area contributed by atoms with Crippen molar-refractivity contribution in [1.29, 1.82) is 0 Å². The maximum absolute atomic E-state index is 13.8. The maximum Gasteiger partial charge on any atom is 0.343 e. The van der Waals surface area contributed by atoms with Crippen LogP contribution < -0.4 is 10.3 Å². The summed E-state index contributed by atoms with van der Waals surface area (Å²) in [6.07, 6.45) is 1.64. The van der Waals surface area contributed by atoms with Gasteiger partial charge in [-0.25, -0.2) is 9.37 Å². The second kappa shape index (κ2) is 6.81. The van der Waals surface area contributed by atoms with Gasteiger partial charge in [-0.1, -0.05) is 29.8 Å². The van der Waals surface area contributed by atoms with E-state index in [-0.39, 0.29) is 23.1 Å². The molecule has 0 amide bonds. The second-order valence-corrected chi connectivity index (χ2v) is 6.23. The van der Waals surface area contributed by atoms with E-state index in [9.17, 15) is 9.18 Å². The summed E-state index contributed by atoms with van der Waals surface area (Å²) in [5.41, 5.74) is 1.20. The SMILES string of the molecule is Cc1cc(=O)n2nc(Oc3ccccc3F)nc2n1Cc1ccc(Cl)nc1.